The standard InChI is InChI=1S/C21H33NO2S/c1-4-5-6-7-8-17-25-19-11-9-18(10-12-19)20(23)21(2,3)22-13-15-24-16-14-22/h9-12H,4-8,13-17H2,1-3H3. The number of unbranched alkanes of at least 4 members (excludes halogenated alkanes) is 4. The highest BCUT2D eigenvalue weighted by Gasteiger charge is 2.35. The minimum Gasteiger partial charge on any atom is -0.379 e. The molecule has 0 aromatic heterocycles. The summed E-state index contributed by atoms with van der Waals surface area (Å²) in [5, 5.41) is 0. The molecular weight excluding hydrogens is 330 g/mol. The molecule has 1 aromatic rings. The van der Waals surface area contributed by atoms with Gasteiger partial charge in [0.05, 0.1) is 18.8 Å². The second-order valence-corrected chi connectivity index (χ2v) is 8.44. The minimum absolute atomic E-state index is 0.200. The van der Waals surface area contributed by atoms with Gasteiger partial charge in [0, 0.05) is 23.5 Å². The molecule has 0 unspecified atom stereocenters. The van der Waals surface area contributed by atoms with E-state index >= 15 is 0 Å². The first-order valence-electron chi connectivity index (χ1n) is 9.66. The smallest absolute Gasteiger partial charge is 0.182 e. The van der Waals surface area contributed by atoms with Crippen LogP contribution in [0.25, 0.3) is 0 Å². The van der Waals surface area contributed by atoms with Gasteiger partial charge in [-0.1, -0.05) is 44.7 Å². The predicted molar refractivity (Wildman–Crippen MR) is 107 cm³/mol. The highest BCUT2D eigenvalue weighted by molar-refractivity contribution is 7.99. The molecule has 0 bridgehead atoms. The van der Waals surface area contributed by atoms with Gasteiger partial charge in [0.2, 0.25) is 0 Å². The average Bonchev–Trinajstić information content (AvgIpc) is 2.65. The monoisotopic (exact) mass is 363 g/mol. The van der Waals surface area contributed by atoms with Crippen molar-refractivity contribution in [3.8, 4) is 0 Å². The lowest BCUT2D eigenvalue weighted by molar-refractivity contribution is -0.00430. The van der Waals surface area contributed by atoms with Crippen LogP contribution in [0.2, 0.25) is 0 Å². The topological polar surface area (TPSA) is 29.5 Å². The van der Waals surface area contributed by atoms with Crippen LogP contribution in [0.3, 0.4) is 0 Å². The normalized spacial score (nSPS) is 16.1. The number of carbonyl (C=O) groups is 1. The van der Waals surface area contributed by atoms with E-state index < -0.39 is 5.54 Å². The van der Waals surface area contributed by atoms with Crippen molar-refractivity contribution in [1.29, 1.82) is 0 Å². The summed E-state index contributed by atoms with van der Waals surface area (Å²) in [6.45, 7) is 9.38. The van der Waals surface area contributed by atoms with Crippen molar-refractivity contribution in [2.45, 2.75) is 63.3 Å². The molecule has 0 N–H and O–H groups in total. The molecule has 0 saturated carbocycles. The summed E-state index contributed by atoms with van der Waals surface area (Å²) in [6.07, 6.45) is 6.59. The predicted octanol–water partition coefficient (Wildman–Crippen LogP) is 5.04. The lowest BCUT2D eigenvalue weighted by Gasteiger charge is -2.39. The lowest BCUT2D eigenvalue weighted by Crippen LogP contribution is -2.54. The van der Waals surface area contributed by atoms with Crippen LogP contribution < -0.4 is 0 Å². The van der Waals surface area contributed by atoms with Crippen LogP contribution in [-0.2, 0) is 4.74 Å². The largest absolute Gasteiger partial charge is 0.379 e. The molecule has 0 radical (unpaired) electrons. The first-order valence-corrected chi connectivity index (χ1v) is 10.6. The van der Waals surface area contributed by atoms with Crippen molar-refractivity contribution in [2.75, 3.05) is 32.1 Å². The number of rotatable bonds is 10. The van der Waals surface area contributed by atoms with Crippen molar-refractivity contribution in [3.05, 3.63) is 29.8 Å². The number of ketones is 1. The summed E-state index contributed by atoms with van der Waals surface area (Å²) in [6, 6.07) is 8.17. The number of thioether (sulfide) groups is 1. The van der Waals surface area contributed by atoms with E-state index in [0.29, 0.717) is 13.2 Å². The van der Waals surface area contributed by atoms with E-state index in [1.54, 1.807) is 0 Å². The first-order chi connectivity index (χ1) is 12.1. The highest BCUT2D eigenvalue weighted by atomic mass is 32.2. The molecule has 1 aliphatic heterocycles. The second kappa shape index (κ2) is 10.3. The van der Waals surface area contributed by atoms with Gasteiger partial charge < -0.3 is 4.74 Å². The van der Waals surface area contributed by atoms with Gasteiger partial charge in [-0.05, 0) is 38.2 Å². The Hall–Kier alpha value is -0.840. The molecule has 0 amide bonds. The number of hydrogen-bond donors (Lipinski definition) is 0. The molecule has 140 valence electrons. The highest BCUT2D eigenvalue weighted by Crippen LogP contribution is 2.25. The molecule has 0 spiro atoms. The first kappa shape index (κ1) is 20.5. The maximum absolute atomic E-state index is 12.9. The van der Waals surface area contributed by atoms with E-state index in [1.807, 2.05) is 37.7 Å². The van der Waals surface area contributed by atoms with Crippen LogP contribution in [0.4, 0.5) is 0 Å². The maximum Gasteiger partial charge on any atom is 0.182 e. The Balaban J connectivity index is 1.84. The fourth-order valence-corrected chi connectivity index (χ4v) is 4.13. The van der Waals surface area contributed by atoms with Crippen LogP contribution in [0, 0.1) is 0 Å². The molecule has 1 heterocycles. The Morgan fingerprint density at radius 2 is 1.72 bits per heavy atom. The molecule has 1 aromatic carbocycles. The van der Waals surface area contributed by atoms with Crippen molar-refractivity contribution in [3.63, 3.8) is 0 Å². The van der Waals surface area contributed by atoms with Crippen LogP contribution >= 0.6 is 11.8 Å². The number of ether oxygens (including phenoxy) is 1. The molecule has 1 fully saturated rings. The van der Waals surface area contributed by atoms with Gasteiger partial charge in [-0.2, -0.15) is 0 Å². The number of nitrogens with zero attached hydrogens (tertiary/aromatic N) is 1. The molecule has 3 nitrogen and oxygen atoms in total. The zero-order chi connectivity index (χ0) is 18.1. The average molecular weight is 364 g/mol. The van der Waals surface area contributed by atoms with Crippen LogP contribution in [0.5, 0.6) is 0 Å². The van der Waals surface area contributed by atoms with E-state index in [-0.39, 0.29) is 5.78 Å². The van der Waals surface area contributed by atoms with E-state index in [2.05, 4.69) is 24.0 Å². The Morgan fingerprint density at radius 3 is 2.36 bits per heavy atom. The van der Waals surface area contributed by atoms with Crippen molar-refractivity contribution in [1.82, 2.24) is 4.90 Å². The second-order valence-electron chi connectivity index (χ2n) is 7.27. The quantitative estimate of drug-likeness (QED) is 0.331. The summed E-state index contributed by atoms with van der Waals surface area (Å²) >= 11 is 1.90. The number of benzene rings is 1. The van der Waals surface area contributed by atoms with E-state index in [4.69, 9.17) is 4.74 Å². The van der Waals surface area contributed by atoms with Crippen molar-refractivity contribution < 1.29 is 9.53 Å². The van der Waals surface area contributed by atoms with E-state index in [1.165, 1.54) is 37.0 Å². The van der Waals surface area contributed by atoms with Crippen LogP contribution in [-0.4, -0.2) is 48.3 Å². The SMILES string of the molecule is CCCCCCCSc1ccc(C(=O)C(C)(C)N2CCOCC2)cc1. The summed E-state index contributed by atoms with van der Waals surface area (Å²) in [5.41, 5.74) is 0.335. The third-order valence-electron chi connectivity index (χ3n) is 4.99. The zero-order valence-electron chi connectivity index (χ0n) is 16.1. The Bertz CT molecular complexity index is 521. The molecule has 0 atom stereocenters. The molecule has 1 aliphatic rings. The molecule has 2 rings (SSSR count). The third-order valence-corrected chi connectivity index (χ3v) is 6.09. The zero-order valence-corrected chi connectivity index (χ0v) is 16.9. The Kier molecular flexibility index (Phi) is 8.47. The van der Waals surface area contributed by atoms with Crippen LogP contribution in [0.1, 0.15) is 63.2 Å². The third kappa shape index (κ3) is 6.12. The van der Waals surface area contributed by atoms with E-state index in [9.17, 15) is 4.79 Å². The van der Waals surface area contributed by atoms with Gasteiger partial charge in [-0.15, -0.1) is 11.8 Å². The van der Waals surface area contributed by atoms with Crippen LogP contribution in [0.15, 0.2) is 29.2 Å². The molecule has 4 heteroatoms. The Morgan fingerprint density at radius 1 is 1.08 bits per heavy atom. The van der Waals surface area contributed by atoms with Crippen molar-refractivity contribution in [2.24, 2.45) is 0 Å². The summed E-state index contributed by atoms with van der Waals surface area (Å²) in [7, 11) is 0. The molecule has 25 heavy (non-hydrogen) atoms. The van der Waals surface area contributed by atoms with Gasteiger partial charge in [0.25, 0.3) is 0 Å². The fourth-order valence-electron chi connectivity index (χ4n) is 3.22. The van der Waals surface area contributed by atoms with Gasteiger partial charge in [-0.3, -0.25) is 9.69 Å². The number of hydrogen-bond acceptors (Lipinski definition) is 4. The van der Waals surface area contributed by atoms with Gasteiger partial charge in [0.15, 0.2) is 5.78 Å². The molecule has 0 aliphatic carbocycles. The fraction of sp³-hybridized carbons (Fsp3) is 0.667. The summed E-state index contributed by atoms with van der Waals surface area (Å²) < 4.78 is 5.41. The Labute approximate surface area is 157 Å². The maximum atomic E-state index is 12.9. The van der Waals surface area contributed by atoms with Gasteiger partial charge in [0.1, 0.15) is 0 Å². The van der Waals surface area contributed by atoms with E-state index in [0.717, 1.165) is 24.4 Å². The summed E-state index contributed by atoms with van der Waals surface area (Å²) in [5.74, 6) is 1.36. The number of morpholine rings is 1. The molecule has 1 saturated heterocycles. The number of carbonyl (C=O) groups excluding carboxylic acids is 1. The minimum atomic E-state index is -0.474. The molecular formula is C21H33NO2S. The van der Waals surface area contributed by atoms with Crippen molar-refractivity contribution >= 4 is 17.5 Å². The van der Waals surface area contributed by atoms with Gasteiger partial charge in [-0.25, -0.2) is 0 Å². The lowest BCUT2D eigenvalue weighted by atomic mass is 9.91. The summed E-state index contributed by atoms with van der Waals surface area (Å²) in [4.78, 5) is 16.4. The number of Topliss-reactive ketones (excluding diaryl/α,β-unsaturated/α-hetero) is 1. The van der Waals surface area contributed by atoms with Gasteiger partial charge >= 0.3 is 0 Å².